The zero-order valence-electron chi connectivity index (χ0n) is 9.50. The lowest BCUT2D eigenvalue weighted by Crippen LogP contribution is -2.20. The third kappa shape index (κ3) is 3.58. The quantitative estimate of drug-likeness (QED) is 0.805. The summed E-state index contributed by atoms with van der Waals surface area (Å²) in [5, 5.41) is 2.10. The molecule has 1 nitrogen and oxygen atoms in total. The predicted molar refractivity (Wildman–Crippen MR) is 72.3 cm³/mol. The molecule has 3 heteroatoms. The number of nitrogens with two attached hydrogens (primary N) is 1. The third-order valence-electron chi connectivity index (χ3n) is 2.91. The van der Waals surface area contributed by atoms with Crippen LogP contribution in [-0.2, 0) is 0 Å². The minimum Gasteiger partial charge on any atom is -0.323 e. The van der Waals surface area contributed by atoms with Crippen molar-refractivity contribution < 1.29 is 0 Å². The molecule has 0 bridgehead atoms. The molecule has 1 rings (SSSR count). The van der Waals surface area contributed by atoms with E-state index in [9.17, 15) is 0 Å². The van der Waals surface area contributed by atoms with Gasteiger partial charge in [0, 0.05) is 15.4 Å². The van der Waals surface area contributed by atoms with Gasteiger partial charge in [-0.3, -0.25) is 0 Å². The van der Waals surface area contributed by atoms with Gasteiger partial charge in [-0.2, -0.15) is 0 Å². The van der Waals surface area contributed by atoms with E-state index in [1.54, 1.807) is 11.3 Å². The van der Waals surface area contributed by atoms with Crippen molar-refractivity contribution in [3.8, 4) is 0 Å². The first-order valence-corrected chi connectivity index (χ1v) is 7.36. The van der Waals surface area contributed by atoms with Crippen LogP contribution in [0.4, 0.5) is 0 Å². The Kier molecular flexibility index (Phi) is 5.87. The highest BCUT2D eigenvalue weighted by Gasteiger charge is 2.20. The Bertz CT molecular complexity index is 285. The molecule has 1 aromatic heterocycles. The minimum atomic E-state index is 0.205. The Hall–Kier alpha value is 0.140. The fourth-order valence-electron chi connectivity index (χ4n) is 1.86. The van der Waals surface area contributed by atoms with E-state index >= 15 is 0 Å². The van der Waals surface area contributed by atoms with Crippen LogP contribution in [0.3, 0.4) is 0 Å². The van der Waals surface area contributed by atoms with Gasteiger partial charge in [0.15, 0.2) is 0 Å². The van der Waals surface area contributed by atoms with E-state index in [0.717, 1.165) is 0 Å². The summed E-state index contributed by atoms with van der Waals surface area (Å²) in [5.74, 6) is 0.625. The van der Waals surface area contributed by atoms with Gasteiger partial charge in [-0.15, -0.1) is 11.3 Å². The molecule has 0 radical (unpaired) electrons. The molecule has 86 valence electrons. The molecule has 0 amide bonds. The summed E-state index contributed by atoms with van der Waals surface area (Å²) in [5.41, 5.74) is 6.32. The molecule has 0 fully saturated rings. The Labute approximate surface area is 105 Å². The van der Waals surface area contributed by atoms with Crippen molar-refractivity contribution >= 4 is 27.3 Å². The highest BCUT2D eigenvalue weighted by Crippen LogP contribution is 2.34. The smallest absolute Gasteiger partial charge is 0.0429 e. The molecule has 15 heavy (non-hydrogen) atoms. The fourth-order valence-corrected chi connectivity index (χ4v) is 3.59. The lowest BCUT2D eigenvalue weighted by molar-refractivity contribution is 0.381. The Morgan fingerprint density at radius 2 is 2.20 bits per heavy atom. The topological polar surface area (TPSA) is 26.0 Å². The second-order valence-corrected chi connectivity index (χ2v) is 5.77. The fraction of sp³-hybridized carbons (Fsp3) is 0.667. The van der Waals surface area contributed by atoms with E-state index in [1.165, 1.54) is 35.0 Å². The van der Waals surface area contributed by atoms with E-state index in [0.29, 0.717) is 5.92 Å². The van der Waals surface area contributed by atoms with Crippen molar-refractivity contribution in [3.05, 3.63) is 20.8 Å². The largest absolute Gasteiger partial charge is 0.323 e. The maximum Gasteiger partial charge on any atom is 0.0429 e. The maximum absolute atomic E-state index is 6.32. The van der Waals surface area contributed by atoms with Crippen molar-refractivity contribution in [3.63, 3.8) is 0 Å². The summed E-state index contributed by atoms with van der Waals surface area (Å²) < 4.78 is 1.18. The van der Waals surface area contributed by atoms with Gasteiger partial charge in [-0.05, 0) is 39.7 Å². The summed E-state index contributed by atoms with van der Waals surface area (Å²) in [6, 6.07) is 2.29. The average molecular weight is 290 g/mol. The predicted octanol–water partition coefficient (Wildman–Crippen LogP) is 4.73. The van der Waals surface area contributed by atoms with Crippen molar-refractivity contribution in [2.24, 2.45) is 11.7 Å². The van der Waals surface area contributed by atoms with Gasteiger partial charge >= 0.3 is 0 Å². The molecule has 2 atom stereocenters. The lowest BCUT2D eigenvalue weighted by atomic mass is 9.91. The number of hydrogen-bond acceptors (Lipinski definition) is 2. The summed E-state index contributed by atoms with van der Waals surface area (Å²) in [7, 11) is 0. The first-order chi connectivity index (χ1) is 7.20. The van der Waals surface area contributed by atoms with Crippen molar-refractivity contribution in [2.45, 2.75) is 45.6 Å². The van der Waals surface area contributed by atoms with E-state index < -0.39 is 0 Å². The van der Waals surface area contributed by atoms with Crippen LogP contribution in [-0.4, -0.2) is 0 Å². The minimum absolute atomic E-state index is 0.205. The van der Waals surface area contributed by atoms with Gasteiger partial charge in [0.25, 0.3) is 0 Å². The molecule has 0 aliphatic carbocycles. The van der Waals surface area contributed by atoms with Crippen LogP contribution in [0.2, 0.25) is 0 Å². The third-order valence-corrected chi connectivity index (χ3v) is 4.88. The first kappa shape index (κ1) is 13.2. The van der Waals surface area contributed by atoms with Gasteiger partial charge in [0.05, 0.1) is 0 Å². The Morgan fingerprint density at radius 3 is 2.67 bits per heavy atom. The number of hydrogen-bond donors (Lipinski definition) is 1. The van der Waals surface area contributed by atoms with E-state index in [4.69, 9.17) is 5.73 Å². The van der Waals surface area contributed by atoms with Gasteiger partial charge in [-0.25, -0.2) is 0 Å². The zero-order valence-corrected chi connectivity index (χ0v) is 11.9. The second kappa shape index (κ2) is 6.66. The van der Waals surface area contributed by atoms with Crippen LogP contribution in [0.5, 0.6) is 0 Å². The molecule has 0 aliphatic rings. The van der Waals surface area contributed by atoms with Crippen LogP contribution in [0.15, 0.2) is 15.9 Å². The number of unbranched alkanes of at least 4 members (excludes halogenated alkanes) is 1. The second-order valence-electron chi connectivity index (χ2n) is 3.97. The number of halogens is 1. The Morgan fingerprint density at radius 1 is 1.47 bits per heavy atom. The zero-order chi connectivity index (χ0) is 11.3. The van der Waals surface area contributed by atoms with Crippen LogP contribution in [0.1, 0.15) is 50.4 Å². The summed E-state index contributed by atoms with van der Waals surface area (Å²) in [6.45, 7) is 4.47. The van der Waals surface area contributed by atoms with Gasteiger partial charge in [0.2, 0.25) is 0 Å². The number of rotatable bonds is 6. The molecule has 0 aliphatic heterocycles. The molecule has 1 heterocycles. The van der Waals surface area contributed by atoms with E-state index in [1.807, 2.05) is 0 Å². The highest BCUT2D eigenvalue weighted by molar-refractivity contribution is 9.10. The molecule has 0 aromatic carbocycles. The maximum atomic E-state index is 6.32. The molecular formula is C12H20BrNS. The van der Waals surface area contributed by atoms with Crippen molar-refractivity contribution in [2.75, 3.05) is 0 Å². The van der Waals surface area contributed by atoms with Gasteiger partial charge in [0.1, 0.15) is 0 Å². The molecule has 0 saturated heterocycles. The van der Waals surface area contributed by atoms with Crippen molar-refractivity contribution in [1.82, 2.24) is 0 Å². The molecule has 1 aromatic rings. The molecule has 0 spiro atoms. The van der Waals surface area contributed by atoms with Gasteiger partial charge in [-0.1, -0.05) is 33.1 Å². The van der Waals surface area contributed by atoms with Crippen LogP contribution in [0, 0.1) is 5.92 Å². The first-order valence-electron chi connectivity index (χ1n) is 5.69. The van der Waals surface area contributed by atoms with Crippen molar-refractivity contribution in [1.29, 1.82) is 0 Å². The molecule has 0 saturated carbocycles. The van der Waals surface area contributed by atoms with E-state index in [-0.39, 0.29) is 6.04 Å². The summed E-state index contributed by atoms with van der Waals surface area (Å²) >= 11 is 5.33. The van der Waals surface area contributed by atoms with Crippen LogP contribution < -0.4 is 5.73 Å². The molecular weight excluding hydrogens is 270 g/mol. The summed E-state index contributed by atoms with van der Waals surface area (Å²) in [6.07, 6.45) is 4.97. The van der Waals surface area contributed by atoms with E-state index in [2.05, 4.69) is 41.2 Å². The van der Waals surface area contributed by atoms with Gasteiger partial charge < -0.3 is 5.73 Å². The normalized spacial score (nSPS) is 15.2. The average Bonchev–Trinajstić information content (AvgIpc) is 2.65. The molecule has 2 N–H and O–H groups in total. The Balaban J connectivity index is 2.64. The SMILES string of the molecule is CCCCC(CC)C(N)c1sccc1Br. The highest BCUT2D eigenvalue weighted by atomic mass is 79.9. The summed E-state index contributed by atoms with van der Waals surface area (Å²) in [4.78, 5) is 1.30. The number of thiophene rings is 1. The lowest BCUT2D eigenvalue weighted by Gasteiger charge is -2.22. The van der Waals surface area contributed by atoms with Crippen LogP contribution in [0.25, 0.3) is 0 Å². The monoisotopic (exact) mass is 289 g/mol. The standard InChI is InChI=1S/C12H20BrNS/c1-3-5-6-9(4-2)11(14)12-10(13)7-8-15-12/h7-9,11H,3-6,14H2,1-2H3. The molecule has 2 unspecified atom stereocenters. The van der Waals surface area contributed by atoms with Crippen LogP contribution >= 0.6 is 27.3 Å².